The Kier molecular flexibility index (Phi) is 4.18. The van der Waals surface area contributed by atoms with Gasteiger partial charge in [0.2, 0.25) is 0 Å². The lowest BCUT2D eigenvalue weighted by molar-refractivity contribution is 0.0195. The fourth-order valence-electron chi connectivity index (χ4n) is 3.64. The monoisotopic (exact) mass is 274 g/mol. The highest BCUT2D eigenvalue weighted by molar-refractivity contribution is 5.15. The summed E-state index contributed by atoms with van der Waals surface area (Å²) in [5, 5.41) is 3.52. The summed E-state index contributed by atoms with van der Waals surface area (Å²) in [4.78, 5) is 2.60. The van der Waals surface area contributed by atoms with Crippen molar-refractivity contribution in [1.82, 2.24) is 10.2 Å². The zero-order valence-electron chi connectivity index (χ0n) is 11.9. The van der Waals surface area contributed by atoms with Crippen LogP contribution < -0.4 is 5.32 Å². The Morgan fingerprint density at radius 1 is 1.35 bits per heavy atom. The maximum atomic E-state index is 12.8. The van der Waals surface area contributed by atoms with Crippen LogP contribution in [0.3, 0.4) is 0 Å². The molecule has 0 aliphatic carbocycles. The Hall–Kier alpha value is -1.19. The molecule has 3 aliphatic rings. The van der Waals surface area contributed by atoms with Crippen molar-refractivity contribution >= 4 is 0 Å². The second-order valence-electron chi connectivity index (χ2n) is 6.09. The summed E-state index contributed by atoms with van der Waals surface area (Å²) in [5.41, 5.74) is 1.14. The Bertz CT molecular complexity index is 457. The number of halogens is 1. The minimum absolute atomic E-state index is 0.167. The highest BCUT2D eigenvalue weighted by atomic mass is 19.1. The van der Waals surface area contributed by atoms with Gasteiger partial charge in [0.25, 0.3) is 0 Å². The van der Waals surface area contributed by atoms with E-state index in [4.69, 9.17) is 0 Å². The third-order valence-corrected chi connectivity index (χ3v) is 4.85. The van der Waals surface area contributed by atoms with Gasteiger partial charge in [0.05, 0.1) is 0 Å². The van der Waals surface area contributed by atoms with Crippen molar-refractivity contribution < 1.29 is 4.39 Å². The Morgan fingerprint density at radius 3 is 2.80 bits per heavy atom. The normalized spacial score (nSPS) is 32.2. The molecule has 1 N–H and O–H groups in total. The van der Waals surface area contributed by atoms with Crippen LogP contribution >= 0.6 is 0 Å². The van der Waals surface area contributed by atoms with E-state index in [9.17, 15) is 4.39 Å². The van der Waals surface area contributed by atoms with E-state index < -0.39 is 0 Å². The van der Waals surface area contributed by atoms with Crippen molar-refractivity contribution in [2.45, 2.75) is 25.4 Å². The predicted octanol–water partition coefficient (Wildman–Crippen LogP) is 2.81. The number of rotatable bonds is 5. The van der Waals surface area contributed by atoms with Gasteiger partial charge in [-0.1, -0.05) is 18.2 Å². The van der Waals surface area contributed by atoms with Gasteiger partial charge in [0.15, 0.2) is 0 Å². The summed E-state index contributed by atoms with van der Waals surface area (Å²) in [6.07, 6.45) is 4.75. The Labute approximate surface area is 120 Å². The molecule has 4 rings (SSSR count). The van der Waals surface area contributed by atoms with Crippen molar-refractivity contribution in [2.24, 2.45) is 11.8 Å². The summed E-state index contributed by atoms with van der Waals surface area (Å²) >= 11 is 0. The molecule has 0 amide bonds. The predicted molar refractivity (Wildman–Crippen MR) is 79.9 cm³/mol. The average Bonchev–Trinajstić information content (AvgIpc) is 2.50. The minimum Gasteiger partial charge on any atom is -0.311 e. The lowest BCUT2D eigenvalue weighted by Gasteiger charge is -2.49. The van der Waals surface area contributed by atoms with E-state index in [2.05, 4.69) is 22.9 Å². The van der Waals surface area contributed by atoms with Crippen molar-refractivity contribution in [1.29, 1.82) is 0 Å². The smallest absolute Gasteiger partial charge is 0.123 e. The molecule has 2 bridgehead atoms. The van der Waals surface area contributed by atoms with E-state index >= 15 is 0 Å². The molecule has 0 saturated carbocycles. The van der Waals surface area contributed by atoms with Crippen LogP contribution in [0.4, 0.5) is 4.39 Å². The second kappa shape index (κ2) is 6.06. The Balaban J connectivity index is 1.48. The molecule has 3 saturated heterocycles. The first-order valence-corrected chi connectivity index (χ1v) is 7.58. The van der Waals surface area contributed by atoms with Crippen LogP contribution in [0.25, 0.3) is 0 Å². The van der Waals surface area contributed by atoms with E-state index in [1.54, 1.807) is 0 Å². The largest absolute Gasteiger partial charge is 0.311 e. The van der Waals surface area contributed by atoms with Crippen LogP contribution in [0, 0.1) is 17.7 Å². The van der Waals surface area contributed by atoms with Crippen LogP contribution in [0.5, 0.6) is 0 Å². The van der Waals surface area contributed by atoms with Crippen LogP contribution in [0.2, 0.25) is 0 Å². The molecule has 2 nitrogen and oxygen atoms in total. The highest BCUT2D eigenvalue weighted by Crippen LogP contribution is 2.36. The first kappa shape index (κ1) is 13.8. The lowest BCUT2D eigenvalue weighted by atomic mass is 9.75. The zero-order chi connectivity index (χ0) is 13.9. The highest BCUT2D eigenvalue weighted by Gasteiger charge is 2.38. The SMILES string of the molecule is C=CC1CN2CCC1CC2CNCc1ccc(F)cc1. The fourth-order valence-corrected chi connectivity index (χ4v) is 3.64. The van der Waals surface area contributed by atoms with E-state index in [1.807, 2.05) is 12.1 Å². The molecule has 1 aromatic rings. The summed E-state index contributed by atoms with van der Waals surface area (Å²) in [6.45, 7) is 8.22. The molecule has 3 heterocycles. The number of nitrogens with zero attached hydrogens (tertiary/aromatic N) is 1. The molecule has 3 heteroatoms. The first-order valence-electron chi connectivity index (χ1n) is 7.58. The molecular formula is C17H23FN2. The van der Waals surface area contributed by atoms with Gasteiger partial charge in [-0.05, 0) is 48.9 Å². The van der Waals surface area contributed by atoms with Gasteiger partial charge < -0.3 is 5.32 Å². The molecule has 4 atom stereocenters. The molecule has 3 aliphatic heterocycles. The number of fused-ring (bicyclic) bond motifs is 3. The third kappa shape index (κ3) is 2.94. The van der Waals surface area contributed by atoms with Crippen molar-refractivity contribution in [2.75, 3.05) is 19.6 Å². The van der Waals surface area contributed by atoms with Gasteiger partial charge in [-0.2, -0.15) is 0 Å². The number of hydrogen-bond acceptors (Lipinski definition) is 2. The first-order chi connectivity index (χ1) is 9.76. The van der Waals surface area contributed by atoms with Gasteiger partial charge >= 0.3 is 0 Å². The van der Waals surface area contributed by atoms with Crippen LogP contribution in [-0.4, -0.2) is 30.6 Å². The fraction of sp³-hybridized carbons (Fsp3) is 0.529. The average molecular weight is 274 g/mol. The van der Waals surface area contributed by atoms with E-state index in [0.29, 0.717) is 12.0 Å². The summed E-state index contributed by atoms with van der Waals surface area (Å²) in [5.74, 6) is 1.35. The second-order valence-corrected chi connectivity index (χ2v) is 6.09. The van der Waals surface area contributed by atoms with Gasteiger partial charge in [0, 0.05) is 25.7 Å². The minimum atomic E-state index is -0.167. The van der Waals surface area contributed by atoms with Gasteiger partial charge in [0.1, 0.15) is 5.82 Å². The Morgan fingerprint density at radius 2 is 2.15 bits per heavy atom. The number of nitrogens with one attached hydrogen (secondary N) is 1. The van der Waals surface area contributed by atoms with Crippen molar-refractivity contribution in [3.63, 3.8) is 0 Å². The van der Waals surface area contributed by atoms with Crippen molar-refractivity contribution in [3.05, 3.63) is 48.3 Å². The number of piperidine rings is 3. The number of hydrogen-bond donors (Lipinski definition) is 1. The topological polar surface area (TPSA) is 15.3 Å². The molecule has 0 aromatic heterocycles. The standard InChI is InChI=1S/C17H23FN2/c1-2-14-12-20-8-7-15(14)9-17(20)11-19-10-13-3-5-16(18)6-4-13/h2-6,14-15,17,19H,1,7-12H2. The van der Waals surface area contributed by atoms with Gasteiger partial charge in [-0.15, -0.1) is 6.58 Å². The summed E-state index contributed by atoms with van der Waals surface area (Å²) in [7, 11) is 0. The van der Waals surface area contributed by atoms with Crippen LogP contribution in [-0.2, 0) is 6.54 Å². The quantitative estimate of drug-likeness (QED) is 0.831. The van der Waals surface area contributed by atoms with E-state index in [-0.39, 0.29) is 5.82 Å². The molecule has 0 spiro atoms. The summed E-state index contributed by atoms with van der Waals surface area (Å²) in [6, 6.07) is 7.41. The third-order valence-electron chi connectivity index (χ3n) is 4.85. The molecular weight excluding hydrogens is 251 g/mol. The molecule has 108 valence electrons. The molecule has 20 heavy (non-hydrogen) atoms. The summed E-state index contributed by atoms with van der Waals surface area (Å²) < 4.78 is 12.8. The van der Waals surface area contributed by atoms with Crippen molar-refractivity contribution in [3.8, 4) is 0 Å². The van der Waals surface area contributed by atoms with Crippen LogP contribution in [0.1, 0.15) is 18.4 Å². The van der Waals surface area contributed by atoms with E-state index in [1.165, 1.54) is 38.1 Å². The zero-order valence-corrected chi connectivity index (χ0v) is 11.9. The van der Waals surface area contributed by atoms with Gasteiger partial charge in [-0.3, -0.25) is 4.90 Å². The van der Waals surface area contributed by atoms with Gasteiger partial charge in [-0.25, -0.2) is 4.39 Å². The lowest BCUT2D eigenvalue weighted by Crippen LogP contribution is -2.55. The maximum Gasteiger partial charge on any atom is 0.123 e. The van der Waals surface area contributed by atoms with E-state index in [0.717, 1.165) is 24.6 Å². The van der Waals surface area contributed by atoms with Crippen LogP contribution in [0.15, 0.2) is 36.9 Å². The maximum absolute atomic E-state index is 12.8. The molecule has 1 aromatic carbocycles. The molecule has 4 unspecified atom stereocenters. The molecule has 3 fully saturated rings. The number of benzene rings is 1. The molecule has 0 radical (unpaired) electrons.